The third-order valence-corrected chi connectivity index (χ3v) is 3.91. The Bertz CT molecular complexity index is 186. The quantitative estimate of drug-likeness (QED) is 0.624. The Hall–Kier alpha value is -0.120. The molecule has 0 aromatic rings. The molecular formula is C12H26N2O. The molecule has 0 aromatic heterocycles. The van der Waals surface area contributed by atoms with Crippen molar-refractivity contribution in [1.82, 2.24) is 5.32 Å². The van der Waals surface area contributed by atoms with E-state index in [0.29, 0.717) is 12.0 Å². The lowest BCUT2D eigenvalue weighted by Gasteiger charge is -2.38. The zero-order valence-corrected chi connectivity index (χ0v) is 10.1. The minimum Gasteiger partial charge on any atom is -0.396 e. The molecule has 3 nitrogen and oxygen atoms in total. The van der Waals surface area contributed by atoms with Crippen LogP contribution in [0.1, 0.15) is 46.0 Å². The smallest absolute Gasteiger partial charge is 0.0445 e. The van der Waals surface area contributed by atoms with Crippen LogP contribution in [-0.2, 0) is 0 Å². The van der Waals surface area contributed by atoms with E-state index in [2.05, 4.69) is 19.2 Å². The van der Waals surface area contributed by atoms with Gasteiger partial charge in [-0.15, -0.1) is 0 Å². The number of rotatable bonds is 6. The van der Waals surface area contributed by atoms with E-state index in [-0.39, 0.29) is 12.1 Å². The molecule has 1 rings (SSSR count). The summed E-state index contributed by atoms with van der Waals surface area (Å²) in [5, 5.41) is 12.6. The molecule has 0 heterocycles. The molecule has 0 aliphatic heterocycles. The molecule has 15 heavy (non-hydrogen) atoms. The first-order chi connectivity index (χ1) is 7.18. The molecule has 0 aromatic carbocycles. The number of nitrogens with one attached hydrogen (secondary N) is 1. The van der Waals surface area contributed by atoms with Gasteiger partial charge in [0.05, 0.1) is 0 Å². The van der Waals surface area contributed by atoms with Crippen molar-refractivity contribution in [3.05, 3.63) is 0 Å². The average molecular weight is 214 g/mol. The lowest BCUT2D eigenvalue weighted by atomic mass is 9.84. The number of hydrogen-bond acceptors (Lipinski definition) is 3. The van der Waals surface area contributed by atoms with E-state index >= 15 is 0 Å². The molecule has 1 aliphatic carbocycles. The highest BCUT2D eigenvalue weighted by atomic mass is 16.3. The molecule has 1 fully saturated rings. The first kappa shape index (κ1) is 12.9. The Kier molecular flexibility index (Phi) is 5.03. The highest BCUT2D eigenvalue weighted by Gasteiger charge is 2.40. The van der Waals surface area contributed by atoms with Gasteiger partial charge in [-0.1, -0.05) is 19.8 Å². The van der Waals surface area contributed by atoms with Gasteiger partial charge in [0.25, 0.3) is 0 Å². The Labute approximate surface area is 93.4 Å². The van der Waals surface area contributed by atoms with E-state index in [4.69, 9.17) is 10.8 Å². The van der Waals surface area contributed by atoms with Gasteiger partial charge in [0.15, 0.2) is 0 Å². The second-order valence-electron chi connectivity index (χ2n) is 4.92. The molecule has 0 amide bonds. The summed E-state index contributed by atoms with van der Waals surface area (Å²) in [6.07, 6.45) is 5.80. The summed E-state index contributed by atoms with van der Waals surface area (Å²) in [5.74, 6) is 0.712. The monoisotopic (exact) mass is 214 g/mol. The zero-order chi connectivity index (χ0) is 11.3. The molecule has 3 unspecified atom stereocenters. The van der Waals surface area contributed by atoms with Gasteiger partial charge in [0, 0.05) is 24.7 Å². The SMILES string of the molecule is CCC1CCCC1(CN)NC(C)CCO. The minimum atomic E-state index is 0.142. The van der Waals surface area contributed by atoms with Gasteiger partial charge in [-0.05, 0) is 32.1 Å². The second kappa shape index (κ2) is 5.83. The van der Waals surface area contributed by atoms with Crippen molar-refractivity contribution >= 4 is 0 Å². The molecule has 4 N–H and O–H groups in total. The Balaban J connectivity index is 2.59. The highest BCUT2D eigenvalue weighted by Crippen LogP contribution is 2.37. The summed E-state index contributed by atoms with van der Waals surface area (Å²) in [6.45, 7) is 5.37. The highest BCUT2D eigenvalue weighted by molar-refractivity contribution is 5.00. The number of nitrogens with two attached hydrogens (primary N) is 1. The summed E-state index contributed by atoms with van der Waals surface area (Å²) >= 11 is 0. The maximum Gasteiger partial charge on any atom is 0.0445 e. The van der Waals surface area contributed by atoms with Crippen LogP contribution >= 0.6 is 0 Å². The van der Waals surface area contributed by atoms with E-state index in [1.807, 2.05) is 0 Å². The second-order valence-corrected chi connectivity index (χ2v) is 4.92. The predicted molar refractivity (Wildman–Crippen MR) is 63.7 cm³/mol. The van der Waals surface area contributed by atoms with Crippen LogP contribution < -0.4 is 11.1 Å². The number of hydrogen-bond donors (Lipinski definition) is 3. The van der Waals surface area contributed by atoms with E-state index in [9.17, 15) is 0 Å². The van der Waals surface area contributed by atoms with Crippen molar-refractivity contribution in [3.63, 3.8) is 0 Å². The molecule has 0 spiro atoms. The van der Waals surface area contributed by atoms with Gasteiger partial charge < -0.3 is 16.2 Å². The maximum atomic E-state index is 8.92. The van der Waals surface area contributed by atoms with Crippen molar-refractivity contribution in [1.29, 1.82) is 0 Å². The third-order valence-electron chi connectivity index (χ3n) is 3.91. The molecule has 0 bridgehead atoms. The molecule has 3 atom stereocenters. The lowest BCUT2D eigenvalue weighted by Crippen LogP contribution is -2.56. The summed E-state index contributed by atoms with van der Waals surface area (Å²) in [7, 11) is 0. The van der Waals surface area contributed by atoms with Crippen molar-refractivity contribution in [2.24, 2.45) is 11.7 Å². The standard InChI is InChI=1S/C12H26N2O/c1-3-11-5-4-7-12(11,9-13)14-10(2)6-8-15/h10-11,14-15H,3-9,13H2,1-2H3. The molecular weight excluding hydrogens is 188 g/mol. The van der Waals surface area contributed by atoms with Crippen LogP contribution in [0.15, 0.2) is 0 Å². The lowest BCUT2D eigenvalue weighted by molar-refractivity contribution is 0.198. The van der Waals surface area contributed by atoms with Gasteiger partial charge in [-0.25, -0.2) is 0 Å². The van der Waals surface area contributed by atoms with Crippen LogP contribution in [0.5, 0.6) is 0 Å². The van der Waals surface area contributed by atoms with Gasteiger partial charge >= 0.3 is 0 Å². The molecule has 0 radical (unpaired) electrons. The average Bonchev–Trinajstić information content (AvgIpc) is 2.61. The van der Waals surface area contributed by atoms with E-state index < -0.39 is 0 Å². The van der Waals surface area contributed by atoms with Crippen molar-refractivity contribution < 1.29 is 5.11 Å². The van der Waals surface area contributed by atoms with Gasteiger partial charge in [-0.3, -0.25) is 0 Å². The summed E-state index contributed by atoms with van der Waals surface area (Å²) in [5.41, 5.74) is 6.10. The third kappa shape index (κ3) is 2.92. The zero-order valence-electron chi connectivity index (χ0n) is 10.1. The topological polar surface area (TPSA) is 58.3 Å². The van der Waals surface area contributed by atoms with Crippen molar-refractivity contribution in [2.75, 3.05) is 13.2 Å². The Morgan fingerprint density at radius 2 is 2.33 bits per heavy atom. The van der Waals surface area contributed by atoms with Crippen molar-refractivity contribution in [3.8, 4) is 0 Å². The van der Waals surface area contributed by atoms with E-state index in [1.165, 1.54) is 25.7 Å². The Morgan fingerprint density at radius 3 is 2.87 bits per heavy atom. The van der Waals surface area contributed by atoms with Crippen molar-refractivity contribution in [2.45, 2.75) is 57.5 Å². The summed E-state index contributed by atoms with van der Waals surface area (Å²) in [4.78, 5) is 0. The largest absolute Gasteiger partial charge is 0.396 e. The van der Waals surface area contributed by atoms with Crippen LogP contribution in [-0.4, -0.2) is 29.8 Å². The van der Waals surface area contributed by atoms with Gasteiger partial charge in [0.1, 0.15) is 0 Å². The van der Waals surface area contributed by atoms with Crippen LogP contribution in [0.3, 0.4) is 0 Å². The predicted octanol–water partition coefficient (Wildman–Crippen LogP) is 1.25. The molecule has 90 valence electrons. The van der Waals surface area contributed by atoms with Crippen LogP contribution in [0.4, 0.5) is 0 Å². The van der Waals surface area contributed by atoms with Crippen LogP contribution in [0.25, 0.3) is 0 Å². The first-order valence-electron chi connectivity index (χ1n) is 6.27. The molecule has 1 saturated carbocycles. The van der Waals surface area contributed by atoms with Gasteiger partial charge in [-0.2, -0.15) is 0 Å². The minimum absolute atomic E-state index is 0.142. The molecule has 0 saturated heterocycles. The number of aliphatic hydroxyl groups excluding tert-OH is 1. The fraction of sp³-hybridized carbons (Fsp3) is 1.00. The summed E-state index contributed by atoms with van der Waals surface area (Å²) in [6, 6.07) is 0.366. The first-order valence-corrected chi connectivity index (χ1v) is 6.27. The number of aliphatic hydroxyl groups is 1. The molecule has 1 aliphatic rings. The van der Waals surface area contributed by atoms with E-state index in [0.717, 1.165) is 13.0 Å². The van der Waals surface area contributed by atoms with Crippen LogP contribution in [0, 0.1) is 5.92 Å². The van der Waals surface area contributed by atoms with Gasteiger partial charge in [0.2, 0.25) is 0 Å². The van der Waals surface area contributed by atoms with Crippen LogP contribution in [0.2, 0.25) is 0 Å². The Morgan fingerprint density at radius 1 is 1.60 bits per heavy atom. The fourth-order valence-electron chi connectivity index (χ4n) is 3.01. The normalized spacial score (nSPS) is 33.2. The summed E-state index contributed by atoms with van der Waals surface area (Å²) < 4.78 is 0. The van der Waals surface area contributed by atoms with E-state index in [1.54, 1.807) is 0 Å². The molecule has 3 heteroatoms. The maximum absolute atomic E-state index is 8.92. The fourth-order valence-corrected chi connectivity index (χ4v) is 3.01.